The van der Waals surface area contributed by atoms with Gasteiger partial charge in [-0.05, 0) is 68.0 Å². The molecule has 2 saturated carbocycles. The van der Waals surface area contributed by atoms with Crippen LogP contribution in [0, 0.1) is 29.4 Å². The lowest BCUT2D eigenvalue weighted by Gasteiger charge is -2.26. The van der Waals surface area contributed by atoms with Gasteiger partial charge in [-0.2, -0.15) is 0 Å². The van der Waals surface area contributed by atoms with E-state index >= 15 is 0 Å². The minimum Gasteiger partial charge on any atom is -0.313 e. The number of hydrogen-bond acceptors (Lipinski definition) is 1. The predicted octanol–water partition coefficient (Wildman–Crippen LogP) is 3.92. The molecule has 20 heavy (non-hydrogen) atoms. The molecule has 3 unspecified atom stereocenters. The van der Waals surface area contributed by atoms with Gasteiger partial charge in [0.15, 0.2) is 0 Å². The van der Waals surface area contributed by atoms with E-state index in [1.807, 2.05) is 0 Å². The molecule has 1 nitrogen and oxygen atoms in total. The molecule has 3 atom stereocenters. The van der Waals surface area contributed by atoms with Crippen LogP contribution in [-0.4, -0.2) is 12.6 Å². The summed E-state index contributed by atoms with van der Waals surface area (Å²) < 4.78 is 26.8. The first kappa shape index (κ1) is 14.0. The summed E-state index contributed by atoms with van der Waals surface area (Å²) in [6, 6.07) is 4.29. The van der Waals surface area contributed by atoms with E-state index in [4.69, 9.17) is 0 Å². The van der Waals surface area contributed by atoms with Crippen molar-refractivity contribution in [2.75, 3.05) is 6.54 Å². The van der Waals surface area contributed by atoms with Crippen molar-refractivity contribution in [2.24, 2.45) is 17.8 Å². The van der Waals surface area contributed by atoms with Crippen LogP contribution in [0.25, 0.3) is 0 Å². The lowest BCUT2D eigenvalue weighted by Crippen LogP contribution is -2.38. The van der Waals surface area contributed by atoms with Crippen LogP contribution in [0.3, 0.4) is 0 Å². The Morgan fingerprint density at radius 2 is 1.95 bits per heavy atom. The number of halogens is 2. The summed E-state index contributed by atoms with van der Waals surface area (Å²) in [5, 5.41) is 3.58. The first-order chi connectivity index (χ1) is 9.67. The van der Waals surface area contributed by atoms with Crippen LogP contribution in [0.4, 0.5) is 8.78 Å². The highest BCUT2D eigenvalue weighted by atomic mass is 19.1. The van der Waals surface area contributed by atoms with Crippen LogP contribution in [0.15, 0.2) is 18.2 Å². The van der Waals surface area contributed by atoms with Crippen LogP contribution in [-0.2, 0) is 6.42 Å². The molecule has 0 amide bonds. The molecule has 0 aliphatic heterocycles. The fourth-order valence-corrected chi connectivity index (χ4v) is 3.75. The Hall–Kier alpha value is -0.960. The molecule has 1 aromatic rings. The molecule has 0 bridgehead atoms. The first-order valence-electron chi connectivity index (χ1n) is 7.84. The van der Waals surface area contributed by atoms with Gasteiger partial charge in [-0.15, -0.1) is 0 Å². The number of nitrogens with one attached hydrogen (secondary N) is 1. The van der Waals surface area contributed by atoms with Gasteiger partial charge < -0.3 is 5.32 Å². The quantitative estimate of drug-likeness (QED) is 0.832. The van der Waals surface area contributed by atoms with E-state index in [1.165, 1.54) is 25.3 Å². The third-order valence-corrected chi connectivity index (χ3v) is 4.96. The first-order valence-corrected chi connectivity index (χ1v) is 7.84. The maximum atomic E-state index is 13.8. The molecule has 2 aliphatic rings. The van der Waals surface area contributed by atoms with Crippen molar-refractivity contribution in [3.63, 3.8) is 0 Å². The number of rotatable bonds is 6. The summed E-state index contributed by atoms with van der Waals surface area (Å²) in [6.45, 7) is 3.12. The molecule has 2 fully saturated rings. The summed E-state index contributed by atoms with van der Waals surface area (Å²) in [5.74, 6) is 1.63. The molecule has 3 heteroatoms. The maximum absolute atomic E-state index is 13.8. The molecule has 0 saturated heterocycles. The average molecular weight is 279 g/mol. The van der Waals surface area contributed by atoms with Crippen molar-refractivity contribution in [3.05, 3.63) is 35.4 Å². The van der Waals surface area contributed by atoms with Crippen LogP contribution < -0.4 is 5.32 Å². The topological polar surface area (TPSA) is 12.0 Å². The van der Waals surface area contributed by atoms with Gasteiger partial charge in [0.1, 0.15) is 11.6 Å². The van der Waals surface area contributed by atoms with Gasteiger partial charge in [0.05, 0.1) is 0 Å². The largest absolute Gasteiger partial charge is 0.313 e. The van der Waals surface area contributed by atoms with E-state index in [9.17, 15) is 8.78 Å². The highest BCUT2D eigenvalue weighted by molar-refractivity contribution is 5.20. The molecule has 110 valence electrons. The SMILES string of the molecule is CCCNC(Cc1ccc(F)cc1F)C1CC2CC2C1. The highest BCUT2D eigenvalue weighted by Crippen LogP contribution is 2.55. The Morgan fingerprint density at radius 1 is 1.20 bits per heavy atom. The van der Waals surface area contributed by atoms with E-state index < -0.39 is 11.6 Å². The number of fused-ring (bicyclic) bond motifs is 1. The Kier molecular flexibility index (Phi) is 4.06. The molecule has 0 radical (unpaired) electrons. The van der Waals surface area contributed by atoms with E-state index in [0.29, 0.717) is 23.9 Å². The average Bonchev–Trinajstić information content (AvgIpc) is 3.03. The normalized spacial score (nSPS) is 29.2. The third-order valence-electron chi connectivity index (χ3n) is 4.96. The lowest BCUT2D eigenvalue weighted by molar-refractivity contribution is 0.329. The fraction of sp³-hybridized carbons (Fsp3) is 0.647. The summed E-state index contributed by atoms with van der Waals surface area (Å²) in [4.78, 5) is 0. The smallest absolute Gasteiger partial charge is 0.129 e. The van der Waals surface area contributed by atoms with Crippen molar-refractivity contribution in [1.29, 1.82) is 0 Å². The molecule has 0 heterocycles. The Labute approximate surface area is 119 Å². The number of hydrogen-bond donors (Lipinski definition) is 1. The van der Waals surface area contributed by atoms with Gasteiger partial charge in [-0.3, -0.25) is 0 Å². The molecular weight excluding hydrogens is 256 g/mol. The molecule has 1 aromatic carbocycles. The van der Waals surface area contributed by atoms with Crippen LogP contribution in [0.2, 0.25) is 0 Å². The maximum Gasteiger partial charge on any atom is 0.129 e. The number of benzene rings is 1. The second-order valence-corrected chi connectivity index (χ2v) is 6.49. The van der Waals surface area contributed by atoms with Crippen molar-refractivity contribution in [3.8, 4) is 0 Å². The Balaban J connectivity index is 1.68. The minimum absolute atomic E-state index is 0.336. The standard InChI is InChI=1S/C17H23F2N/c1-2-5-20-17(14-7-12-6-13(12)8-14)9-11-3-4-15(18)10-16(11)19/h3-4,10,12-14,17,20H,2,5-9H2,1H3. The van der Waals surface area contributed by atoms with Crippen LogP contribution in [0.1, 0.15) is 38.2 Å². The van der Waals surface area contributed by atoms with Crippen molar-refractivity contribution in [2.45, 2.75) is 45.1 Å². The summed E-state index contributed by atoms with van der Waals surface area (Å²) >= 11 is 0. The zero-order chi connectivity index (χ0) is 14.1. The van der Waals surface area contributed by atoms with Crippen LogP contribution >= 0.6 is 0 Å². The molecular formula is C17H23F2N. The predicted molar refractivity (Wildman–Crippen MR) is 76.5 cm³/mol. The fourth-order valence-electron chi connectivity index (χ4n) is 3.75. The van der Waals surface area contributed by atoms with Gasteiger partial charge in [-0.25, -0.2) is 8.78 Å². The van der Waals surface area contributed by atoms with E-state index in [2.05, 4.69) is 12.2 Å². The van der Waals surface area contributed by atoms with Gasteiger partial charge in [0.2, 0.25) is 0 Å². The molecule has 3 rings (SSSR count). The zero-order valence-electron chi connectivity index (χ0n) is 12.0. The van der Waals surface area contributed by atoms with Crippen molar-refractivity contribution < 1.29 is 8.78 Å². The van der Waals surface area contributed by atoms with Crippen molar-refractivity contribution in [1.82, 2.24) is 5.32 Å². The van der Waals surface area contributed by atoms with Gasteiger partial charge >= 0.3 is 0 Å². The monoisotopic (exact) mass is 279 g/mol. The summed E-state index contributed by atoms with van der Waals surface area (Å²) in [7, 11) is 0. The van der Waals surface area contributed by atoms with Crippen LogP contribution in [0.5, 0.6) is 0 Å². The molecule has 2 aliphatic carbocycles. The summed E-state index contributed by atoms with van der Waals surface area (Å²) in [5.41, 5.74) is 0.639. The zero-order valence-corrected chi connectivity index (χ0v) is 12.0. The molecule has 1 N–H and O–H groups in total. The van der Waals surface area contributed by atoms with E-state index in [0.717, 1.165) is 30.9 Å². The lowest BCUT2D eigenvalue weighted by atomic mass is 9.89. The second-order valence-electron chi connectivity index (χ2n) is 6.49. The van der Waals surface area contributed by atoms with Gasteiger partial charge in [-0.1, -0.05) is 13.0 Å². The highest BCUT2D eigenvalue weighted by Gasteiger charge is 2.47. The Bertz CT molecular complexity index is 464. The van der Waals surface area contributed by atoms with Crippen molar-refractivity contribution >= 4 is 0 Å². The van der Waals surface area contributed by atoms with E-state index in [1.54, 1.807) is 6.07 Å². The summed E-state index contributed by atoms with van der Waals surface area (Å²) in [6.07, 6.45) is 5.74. The van der Waals surface area contributed by atoms with E-state index in [-0.39, 0.29) is 0 Å². The Morgan fingerprint density at radius 3 is 2.60 bits per heavy atom. The molecule has 0 aromatic heterocycles. The minimum atomic E-state index is -0.494. The second kappa shape index (κ2) is 5.80. The third kappa shape index (κ3) is 3.03. The molecule has 0 spiro atoms. The van der Waals surface area contributed by atoms with Gasteiger partial charge in [0.25, 0.3) is 0 Å². The van der Waals surface area contributed by atoms with Gasteiger partial charge in [0, 0.05) is 12.1 Å².